The quantitative estimate of drug-likeness (QED) is 0.650. The summed E-state index contributed by atoms with van der Waals surface area (Å²) >= 11 is 0. The molecular weight excluding hydrogens is 461 g/mol. The molecule has 1 saturated carbocycles. The topological polar surface area (TPSA) is 85.7 Å². The van der Waals surface area contributed by atoms with Crippen LogP contribution in [0.1, 0.15) is 29.5 Å². The van der Waals surface area contributed by atoms with Crippen molar-refractivity contribution in [1.82, 2.24) is 10.2 Å². The van der Waals surface area contributed by atoms with Gasteiger partial charge >= 0.3 is 6.18 Å². The zero-order valence-electron chi connectivity index (χ0n) is 18.9. The number of rotatable bonds is 7. The zero-order valence-corrected chi connectivity index (χ0v) is 18.9. The van der Waals surface area contributed by atoms with Gasteiger partial charge in [-0.25, -0.2) is 0 Å². The second kappa shape index (κ2) is 10.4. The van der Waals surface area contributed by atoms with Gasteiger partial charge in [-0.2, -0.15) is 18.4 Å². The van der Waals surface area contributed by atoms with Crippen molar-refractivity contribution >= 4 is 17.5 Å². The molecule has 2 fully saturated rings. The first-order valence-electron chi connectivity index (χ1n) is 11.3. The lowest BCUT2D eigenvalue weighted by Crippen LogP contribution is -2.61. The molecule has 4 rings (SSSR count). The average Bonchev–Trinajstić information content (AvgIpc) is 3.67. The van der Waals surface area contributed by atoms with E-state index in [1.54, 1.807) is 11.0 Å². The smallest absolute Gasteiger partial charge is 0.367 e. The third-order valence-corrected chi connectivity index (χ3v) is 6.06. The summed E-state index contributed by atoms with van der Waals surface area (Å²) in [5, 5.41) is 11.9. The van der Waals surface area contributed by atoms with E-state index >= 15 is 0 Å². The number of benzene rings is 2. The van der Waals surface area contributed by atoms with Crippen LogP contribution in [0.25, 0.3) is 0 Å². The summed E-state index contributed by atoms with van der Waals surface area (Å²) < 4.78 is 45.9. The van der Waals surface area contributed by atoms with E-state index in [2.05, 4.69) is 5.32 Å². The molecule has 1 N–H and O–H groups in total. The molecule has 1 saturated heterocycles. The number of amides is 2. The van der Waals surface area contributed by atoms with Crippen LogP contribution in [0.5, 0.6) is 0 Å². The molecule has 7 nitrogen and oxygen atoms in total. The summed E-state index contributed by atoms with van der Waals surface area (Å²) in [5.74, 6) is -0.689. The fraction of sp³-hybridized carbons (Fsp3) is 0.400. The lowest BCUT2D eigenvalue weighted by atomic mass is 10.0. The van der Waals surface area contributed by atoms with Crippen LogP contribution in [-0.2, 0) is 27.1 Å². The van der Waals surface area contributed by atoms with Crippen LogP contribution in [0.3, 0.4) is 0 Å². The van der Waals surface area contributed by atoms with Crippen molar-refractivity contribution < 1.29 is 27.5 Å². The maximum atomic E-state index is 13.4. The molecule has 2 aliphatic rings. The Morgan fingerprint density at radius 2 is 1.86 bits per heavy atom. The summed E-state index contributed by atoms with van der Waals surface area (Å²) in [7, 11) is 0. The van der Waals surface area contributed by atoms with Crippen molar-refractivity contribution in [3.63, 3.8) is 0 Å². The van der Waals surface area contributed by atoms with E-state index in [-0.39, 0.29) is 56.4 Å². The van der Waals surface area contributed by atoms with Crippen molar-refractivity contribution in [3.8, 4) is 6.07 Å². The van der Waals surface area contributed by atoms with Crippen molar-refractivity contribution in [2.45, 2.75) is 37.7 Å². The van der Waals surface area contributed by atoms with E-state index in [4.69, 9.17) is 10.00 Å². The number of carbonyl (C=O) groups excluding carboxylic acids is 2. The lowest BCUT2D eigenvalue weighted by molar-refractivity contribution is -0.145. The fourth-order valence-corrected chi connectivity index (χ4v) is 4.04. The molecule has 2 amide bonds. The van der Waals surface area contributed by atoms with Crippen LogP contribution in [0, 0.1) is 11.3 Å². The molecule has 0 radical (unpaired) electrons. The first-order valence-corrected chi connectivity index (χ1v) is 11.3. The van der Waals surface area contributed by atoms with Crippen molar-refractivity contribution in [3.05, 3.63) is 65.2 Å². The lowest BCUT2D eigenvalue weighted by Gasteiger charge is -2.41. The first kappa shape index (κ1) is 24.5. The number of nitriles is 1. The number of ether oxygens (including phenoxy) is 1. The van der Waals surface area contributed by atoms with Crippen molar-refractivity contribution in [2.75, 3.05) is 31.1 Å². The molecule has 1 aliphatic heterocycles. The van der Waals surface area contributed by atoms with Gasteiger partial charge in [0.25, 0.3) is 0 Å². The van der Waals surface area contributed by atoms with Crippen LogP contribution < -0.4 is 10.2 Å². The second-order valence-corrected chi connectivity index (χ2v) is 8.65. The van der Waals surface area contributed by atoms with Crippen LogP contribution in [-0.4, -0.2) is 55.0 Å². The highest BCUT2D eigenvalue weighted by Gasteiger charge is 2.39. The maximum absolute atomic E-state index is 13.4. The minimum Gasteiger partial charge on any atom is -0.367 e. The Morgan fingerprint density at radius 1 is 1.11 bits per heavy atom. The van der Waals surface area contributed by atoms with E-state index in [9.17, 15) is 22.8 Å². The SMILES string of the molecule is N#Cc1ccc(N2CCN(C(=O)COCc3ccccc3)C(C(=O)NC3CC3)C2)cc1C(F)(F)F. The Labute approximate surface area is 201 Å². The van der Waals surface area contributed by atoms with Gasteiger partial charge in [-0.05, 0) is 36.6 Å². The number of carbonyl (C=O) groups is 2. The normalized spacial score (nSPS) is 18.2. The number of hydrogen-bond donors (Lipinski definition) is 1. The molecule has 0 bridgehead atoms. The average molecular weight is 486 g/mol. The van der Waals surface area contributed by atoms with Gasteiger partial charge in [0.2, 0.25) is 11.8 Å². The summed E-state index contributed by atoms with van der Waals surface area (Å²) in [4.78, 5) is 29.0. The number of alkyl halides is 3. The zero-order chi connectivity index (χ0) is 25.0. The summed E-state index contributed by atoms with van der Waals surface area (Å²) in [6.45, 7) is 0.457. The fourth-order valence-electron chi connectivity index (χ4n) is 4.04. The van der Waals surface area contributed by atoms with Crippen LogP contribution in [0.4, 0.5) is 18.9 Å². The van der Waals surface area contributed by atoms with E-state index in [1.807, 2.05) is 30.3 Å². The molecule has 10 heteroatoms. The van der Waals surface area contributed by atoms with Gasteiger partial charge < -0.3 is 19.9 Å². The third-order valence-electron chi connectivity index (χ3n) is 6.06. The number of piperazine rings is 1. The maximum Gasteiger partial charge on any atom is 0.417 e. The number of halogens is 3. The van der Waals surface area contributed by atoms with Gasteiger partial charge in [0.05, 0.1) is 23.8 Å². The predicted octanol–water partition coefficient (Wildman–Crippen LogP) is 3.09. The van der Waals surface area contributed by atoms with Gasteiger partial charge in [0, 0.05) is 31.4 Å². The molecule has 0 aromatic heterocycles. The molecular formula is C25H25F3N4O3. The van der Waals surface area contributed by atoms with E-state index in [0.717, 1.165) is 30.5 Å². The minimum atomic E-state index is -4.68. The summed E-state index contributed by atoms with van der Waals surface area (Å²) in [6.07, 6.45) is -2.96. The monoisotopic (exact) mass is 486 g/mol. The van der Waals surface area contributed by atoms with Crippen molar-refractivity contribution in [2.24, 2.45) is 0 Å². The molecule has 2 aromatic carbocycles. The highest BCUT2D eigenvalue weighted by Crippen LogP contribution is 2.35. The summed E-state index contributed by atoms with van der Waals surface area (Å²) in [6, 6.07) is 13.6. The number of anilines is 1. The number of nitrogens with one attached hydrogen (secondary N) is 1. The molecule has 1 heterocycles. The minimum absolute atomic E-state index is 0.0339. The van der Waals surface area contributed by atoms with E-state index < -0.39 is 23.3 Å². The Balaban J connectivity index is 1.48. The molecule has 2 aromatic rings. The van der Waals surface area contributed by atoms with Gasteiger partial charge in [-0.15, -0.1) is 0 Å². The van der Waals surface area contributed by atoms with Crippen LogP contribution in [0.15, 0.2) is 48.5 Å². The van der Waals surface area contributed by atoms with E-state index in [1.165, 1.54) is 11.0 Å². The van der Waals surface area contributed by atoms with Gasteiger partial charge in [0.15, 0.2) is 0 Å². The molecule has 184 valence electrons. The van der Waals surface area contributed by atoms with Crippen LogP contribution in [0.2, 0.25) is 0 Å². The Bertz CT molecular complexity index is 1110. The third kappa shape index (κ3) is 6.11. The van der Waals surface area contributed by atoms with Gasteiger partial charge in [-0.3, -0.25) is 9.59 Å². The summed E-state index contributed by atoms with van der Waals surface area (Å²) in [5.41, 5.74) is -0.333. The van der Waals surface area contributed by atoms with Crippen molar-refractivity contribution in [1.29, 1.82) is 5.26 Å². The molecule has 1 aliphatic carbocycles. The van der Waals surface area contributed by atoms with Crippen LogP contribution >= 0.6 is 0 Å². The molecule has 35 heavy (non-hydrogen) atoms. The highest BCUT2D eigenvalue weighted by atomic mass is 19.4. The highest BCUT2D eigenvalue weighted by molar-refractivity contribution is 5.89. The number of hydrogen-bond acceptors (Lipinski definition) is 5. The van der Waals surface area contributed by atoms with Gasteiger partial charge in [-0.1, -0.05) is 30.3 Å². The second-order valence-electron chi connectivity index (χ2n) is 8.65. The standard InChI is InChI=1S/C25H25F3N4O3/c26-25(27,28)21-12-20(9-6-18(21)13-29)31-10-11-32(22(14-31)24(34)30-19-7-8-19)23(33)16-35-15-17-4-2-1-3-5-17/h1-6,9,12,19,22H,7-8,10-11,14-16H2,(H,30,34). The first-order chi connectivity index (χ1) is 16.8. The Hall–Kier alpha value is -3.58. The Morgan fingerprint density at radius 3 is 2.51 bits per heavy atom. The predicted molar refractivity (Wildman–Crippen MR) is 121 cm³/mol. The largest absolute Gasteiger partial charge is 0.417 e. The molecule has 0 spiro atoms. The Kier molecular flexibility index (Phi) is 7.26. The van der Waals surface area contributed by atoms with E-state index in [0.29, 0.717) is 0 Å². The van der Waals surface area contributed by atoms with Gasteiger partial charge in [0.1, 0.15) is 12.6 Å². The molecule has 1 unspecified atom stereocenters. The molecule has 1 atom stereocenters. The number of nitrogens with zero attached hydrogens (tertiary/aromatic N) is 3.